The molecule has 4 heteroatoms. The van der Waals surface area contributed by atoms with Gasteiger partial charge in [-0.1, -0.05) is 0 Å². The maximum Gasteiger partial charge on any atom is 0.106 e. The van der Waals surface area contributed by atoms with Crippen LogP contribution in [0.3, 0.4) is 0 Å². The summed E-state index contributed by atoms with van der Waals surface area (Å²) in [6.07, 6.45) is 0. The lowest BCUT2D eigenvalue weighted by Gasteiger charge is -2.16. The van der Waals surface area contributed by atoms with Crippen LogP contribution < -0.4 is 11.1 Å². The second kappa shape index (κ2) is 5.07. The molecule has 0 aliphatic rings. The van der Waals surface area contributed by atoms with Crippen LogP contribution in [0, 0.1) is 25.2 Å². The second-order valence-electron chi connectivity index (χ2n) is 4.65. The fourth-order valence-corrected chi connectivity index (χ4v) is 2.14. The van der Waals surface area contributed by atoms with Crippen molar-refractivity contribution in [2.75, 3.05) is 11.1 Å². The van der Waals surface area contributed by atoms with Gasteiger partial charge in [-0.05, 0) is 45.0 Å². The molecule has 98 valence electrons. The van der Waals surface area contributed by atoms with Crippen LogP contribution in [-0.2, 0) is 0 Å². The highest BCUT2D eigenvalue weighted by molar-refractivity contribution is 5.68. The van der Waals surface area contributed by atoms with E-state index < -0.39 is 0 Å². The summed E-state index contributed by atoms with van der Waals surface area (Å²) in [5.41, 5.74) is 9.00. The van der Waals surface area contributed by atoms with Gasteiger partial charge >= 0.3 is 0 Å². The molecule has 1 aromatic carbocycles. The lowest BCUT2D eigenvalue weighted by atomic mass is 10.1. The largest absolute Gasteiger partial charge is 0.466 e. The number of hydrogen-bond acceptors (Lipinski definition) is 4. The maximum absolute atomic E-state index is 8.92. The Balaban J connectivity index is 2.26. The molecule has 3 N–H and O–H groups in total. The van der Waals surface area contributed by atoms with Gasteiger partial charge in [0.25, 0.3) is 0 Å². The molecule has 0 saturated heterocycles. The number of hydrogen-bond donors (Lipinski definition) is 2. The second-order valence-corrected chi connectivity index (χ2v) is 4.65. The van der Waals surface area contributed by atoms with Crippen molar-refractivity contribution in [1.82, 2.24) is 0 Å². The Bertz CT molecular complexity index is 637. The molecule has 1 heterocycles. The smallest absolute Gasteiger partial charge is 0.106 e. The van der Waals surface area contributed by atoms with E-state index in [1.54, 1.807) is 18.2 Å². The number of anilines is 2. The Kier molecular flexibility index (Phi) is 3.48. The van der Waals surface area contributed by atoms with Crippen molar-refractivity contribution in [3.05, 3.63) is 46.9 Å². The zero-order valence-electron chi connectivity index (χ0n) is 11.3. The Labute approximate surface area is 112 Å². The zero-order chi connectivity index (χ0) is 14.0. The molecule has 0 radical (unpaired) electrons. The molecule has 0 amide bonds. The van der Waals surface area contributed by atoms with Gasteiger partial charge in [0.05, 0.1) is 29.0 Å². The van der Waals surface area contributed by atoms with E-state index in [1.165, 1.54) is 0 Å². The van der Waals surface area contributed by atoms with Crippen molar-refractivity contribution in [3.63, 3.8) is 0 Å². The molecular weight excluding hydrogens is 238 g/mol. The molecule has 0 spiro atoms. The topological polar surface area (TPSA) is 75.0 Å². The zero-order valence-corrected chi connectivity index (χ0v) is 11.3. The molecule has 1 aromatic heterocycles. The first-order valence-corrected chi connectivity index (χ1v) is 6.14. The van der Waals surface area contributed by atoms with E-state index in [9.17, 15) is 0 Å². The summed E-state index contributed by atoms with van der Waals surface area (Å²) in [5.74, 6) is 1.78. The monoisotopic (exact) mass is 255 g/mol. The number of furan rings is 1. The van der Waals surface area contributed by atoms with E-state index in [4.69, 9.17) is 15.4 Å². The SMILES string of the molecule is Cc1cc(C(C)Nc2cc(C#N)ccc2N)c(C)o1. The first-order chi connectivity index (χ1) is 9.01. The maximum atomic E-state index is 8.92. The summed E-state index contributed by atoms with van der Waals surface area (Å²) < 4.78 is 5.52. The van der Waals surface area contributed by atoms with Crippen LogP contribution in [-0.4, -0.2) is 0 Å². The van der Waals surface area contributed by atoms with E-state index in [-0.39, 0.29) is 6.04 Å². The minimum absolute atomic E-state index is 0.0636. The van der Waals surface area contributed by atoms with Gasteiger partial charge in [-0.15, -0.1) is 0 Å². The molecule has 0 saturated carbocycles. The van der Waals surface area contributed by atoms with Gasteiger partial charge in [0, 0.05) is 5.56 Å². The number of nitrogen functional groups attached to an aromatic ring is 1. The van der Waals surface area contributed by atoms with Gasteiger partial charge in [-0.3, -0.25) is 0 Å². The van der Waals surface area contributed by atoms with Crippen LogP contribution >= 0.6 is 0 Å². The van der Waals surface area contributed by atoms with Crippen molar-refractivity contribution in [2.45, 2.75) is 26.8 Å². The van der Waals surface area contributed by atoms with Gasteiger partial charge in [0.2, 0.25) is 0 Å². The average molecular weight is 255 g/mol. The highest BCUT2D eigenvalue weighted by Gasteiger charge is 2.13. The third kappa shape index (κ3) is 2.71. The van der Waals surface area contributed by atoms with Gasteiger partial charge < -0.3 is 15.5 Å². The molecule has 0 aliphatic carbocycles. The predicted molar refractivity (Wildman–Crippen MR) is 75.8 cm³/mol. The van der Waals surface area contributed by atoms with Crippen LogP contribution in [0.5, 0.6) is 0 Å². The van der Waals surface area contributed by atoms with Crippen molar-refractivity contribution in [2.24, 2.45) is 0 Å². The van der Waals surface area contributed by atoms with Crippen LogP contribution in [0.1, 0.15) is 35.6 Å². The van der Waals surface area contributed by atoms with E-state index in [2.05, 4.69) is 11.4 Å². The van der Waals surface area contributed by atoms with Gasteiger partial charge in [0.1, 0.15) is 11.5 Å². The highest BCUT2D eigenvalue weighted by Crippen LogP contribution is 2.28. The van der Waals surface area contributed by atoms with Crippen molar-refractivity contribution >= 4 is 11.4 Å². The minimum atomic E-state index is 0.0636. The minimum Gasteiger partial charge on any atom is -0.466 e. The summed E-state index contributed by atoms with van der Waals surface area (Å²) in [4.78, 5) is 0. The van der Waals surface area contributed by atoms with Crippen molar-refractivity contribution < 1.29 is 4.42 Å². The molecule has 2 aromatic rings. The summed E-state index contributed by atoms with van der Waals surface area (Å²) in [5, 5.41) is 12.2. The standard InChI is InChI=1S/C15H17N3O/c1-9-6-13(11(3)19-9)10(2)18-15-7-12(8-16)4-5-14(15)17/h4-7,10,18H,17H2,1-3H3. The van der Waals surface area contributed by atoms with Crippen LogP contribution in [0.2, 0.25) is 0 Å². The Hall–Kier alpha value is -2.41. The number of nitrogens with two attached hydrogens (primary N) is 1. The number of nitrogens with one attached hydrogen (secondary N) is 1. The van der Waals surface area contributed by atoms with Crippen molar-refractivity contribution in [1.29, 1.82) is 5.26 Å². The molecule has 0 fully saturated rings. The molecular formula is C15H17N3O. The quantitative estimate of drug-likeness (QED) is 0.823. The van der Waals surface area contributed by atoms with Crippen LogP contribution in [0.4, 0.5) is 11.4 Å². The summed E-state index contributed by atoms with van der Waals surface area (Å²) in [7, 11) is 0. The molecule has 1 atom stereocenters. The van der Waals surface area contributed by atoms with E-state index in [1.807, 2.05) is 26.8 Å². The number of nitrogens with zero attached hydrogens (tertiary/aromatic N) is 1. The molecule has 1 unspecified atom stereocenters. The van der Waals surface area contributed by atoms with Gasteiger partial charge in [-0.25, -0.2) is 0 Å². The number of aryl methyl sites for hydroxylation is 2. The molecule has 4 nitrogen and oxygen atoms in total. The normalized spacial score (nSPS) is 11.9. The predicted octanol–water partition coefficient (Wildman–Crippen LogP) is 3.52. The lowest BCUT2D eigenvalue weighted by Crippen LogP contribution is -2.08. The molecule has 0 aliphatic heterocycles. The first kappa shape index (κ1) is 13.0. The number of benzene rings is 1. The summed E-state index contributed by atoms with van der Waals surface area (Å²) in [6.45, 7) is 5.90. The van der Waals surface area contributed by atoms with Crippen molar-refractivity contribution in [3.8, 4) is 6.07 Å². The Morgan fingerprint density at radius 2 is 2.05 bits per heavy atom. The first-order valence-electron chi connectivity index (χ1n) is 6.14. The van der Waals surface area contributed by atoms with Crippen LogP contribution in [0.25, 0.3) is 0 Å². The molecule has 0 bridgehead atoms. The summed E-state index contributed by atoms with van der Waals surface area (Å²) in [6, 6.07) is 9.39. The Morgan fingerprint density at radius 3 is 2.63 bits per heavy atom. The number of nitriles is 1. The average Bonchev–Trinajstić information content (AvgIpc) is 2.71. The number of rotatable bonds is 3. The molecule has 19 heavy (non-hydrogen) atoms. The van der Waals surface area contributed by atoms with E-state index >= 15 is 0 Å². The Morgan fingerprint density at radius 1 is 1.32 bits per heavy atom. The highest BCUT2D eigenvalue weighted by atomic mass is 16.3. The van der Waals surface area contributed by atoms with E-state index in [0.29, 0.717) is 11.3 Å². The molecule has 2 rings (SSSR count). The summed E-state index contributed by atoms with van der Waals surface area (Å²) >= 11 is 0. The lowest BCUT2D eigenvalue weighted by molar-refractivity contribution is 0.500. The van der Waals surface area contributed by atoms with Crippen LogP contribution in [0.15, 0.2) is 28.7 Å². The fraction of sp³-hybridized carbons (Fsp3) is 0.267. The third-order valence-corrected chi connectivity index (χ3v) is 3.10. The van der Waals surface area contributed by atoms with E-state index in [0.717, 1.165) is 22.8 Å². The van der Waals surface area contributed by atoms with Gasteiger partial charge in [-0.2, -0.15) is 5.26 Å². The van der Waals surface area contributed by atoms with Gasteiger partial charge in [0.15, 0.2) is 0 Å². The third-order valence-electron chi connectivity index (χ3n) is 3.10. The fourth-order valence-electron chi connectivity index (χ4n) is 2.14.